The molecule has 26 heavy (non-hydrogen) atoms. The van der Waals surface area contributed by atoms with E-state index in [2.05, 4.69) is 12.1 Å². The lowest BCUT2D eigenvalue weighted by atomic mass is 10.0. The van der Waals surface area contributed by atoms with Crippen LogP contribution in [0.4, 0.5) is 17.1 Å². The third-order valence-electron chi connectivity index (χ3n) is 4.62. The molecule has 4 heteroatoms. The van der Waals surface area contributed by atoms with Crippen molar-refractivity contribution in [3.63, 3.8) is 0 Å². The molecule has 0 unspecified atom stereocenters. The van der Waals surface area contributed by atoms with Crippen LogP contribution in [0.3, 0.4) is 0 Å². The first-order valence-corrected chi connectivity index (χ1v) is 9.68. The second-order valence-electron chi connectivity index (χ2n) is 6.34. The topological polar surface area (TPSA) is 46.3 Å². The van der Waals surface area contributed by atoms with E-state index in [1.165, 1.54) is 11.1 Å². The Hall–Kier alpha value is -2.72. The quantitative estimate of drug-likeness (QED) is 0.538. The molecule has 3 nitrogen and oxygen atoms in total. The second-order valence-corrected chi connectivity index (χ2v) is 7.39. The Morgan fingerprint density at radius 1 is 0.846 bits per heavy atom. The molecule has 1 aliphatic heterocycles. The van der Waals surface area contributed by atoms with Crippen LogP contribution in [-0.4, -0.2) is 11.7 Å². The van der Waals surface area contributed by atoms with E-state index in [-0.39, 0.29) is 5.91 Å². The number of para-hydroxylation sites is 2. The fourth-order valence-corrected chi connectivity index (χ4v) is 4.07. The minimum atomic E-state index is 0.0913. The van der Waals surface area contributed by atoms with Crippen LogP contribution in [0.15, 0.2) is 77.7 Å². The molecule has 1 heterocycles. The third-order valence-corrected chi connectivity index (χ3v) is 5.62. The molecule has 0 radical (unpaired) electrons. The lowest BCUT2D eigenvalue weighted by Gasteiger charge is -2.25. The van der Waals surface area contributed by atoms with Crippen LogP contribution in [0.5, 0.6) is 0 Å². The Morgan fingerprint density at radius 3 is 1.96 bits per heavy atom. The first-order valence-electron chi connectivity index (χ1n) is 8.69. The van der Waals surface area contributed by atoms with E-state index in [4.69, 9.17) is 5.73 Å². The van der Waals surface area contributed by atoms with Crippen molar-refractivity contribution >= 4 is 34.7 Å². The van der Waals surface area contributed by atoms with E-state index >= 15 is 0 Å². The number of anilines is 3. The summed E-state index contributed by atoms with van der Waals surface area (Å²) in [6.07, 6.45) is 1.89. The summed E-state index contributed by atoms with van der Waals surface area (Å²) in [5.74, 6) is 0.473. The van der Waals surface area contributed by atoms with Gasteiger partial charge in [-0.15, -0.1) is 11.8 Å². The molecular weight excluding hydrogens is 340 g/mol. The van der Waals surface area contributed by atoms with Gasteiger partial charge in [-0.05, 0) is 60.4 Å². The van der Waals surface area contributed by atoms with Gasteiger partial charge >= 0.3 is 0 Å². The summed E-state index contributed by atoms with van der Waals surface area (Å²) >= 11 is 1.54. The second kappa shape index (κ2) is 7.26. The Morgan fingerprint density at radius 2 is 1.38 bits per heavy atom. The molecule has 1 aliphatic rings. The number of nitrogens with two attached hydrogens (primary N) is 1. The number of hydrogen-bond donors (Lipinski definition) is 1. The van der Waals surface area contributed by atoms with Crippen molar-refractivity contribution in [3.8, 4) is 0 Å². The smallest absolute Gasteiger partial charge is 0.241 e. The standard InChI is InChI=1S/C22H20N2OS/c23-18-11-13-19(14-12-18)26-15-22(25)24-20-7-3-1-5-16(20)9-10-17-6-2-4-8-21(17)24/h1-8,11-14H,9-10,15,23H2. The Bertz CT molecular complexity index is 889. The molecule has 1 amide bonds. The molecule has 0 saturated heterocycles. The maximum absolute atomic E-state index is 13.2. The van der Waals surface area contributed by atoms with Gasteiger partial charge < -0.3 is 5.73 Å². The summed E-state index contributed by atoms with van der Waals surface area (Å²) in [5.41, 5.74) is 10.9. The first-order chi connectivity index (χ1) is 12.7. The number of rotatable bonds is 3. The summed E-state index contributed by atoms with van der Waals surface area (Å²) in [7, 11) is 0. The van der Waals surface area contributed by atoms with E-state index in [1.54, 1.807) is 11.8 Å². The number of aryl methyl sites for hydroxylation is 2. The maximum atomic E-state index is 13.2. The monoisotopic (exact) mass is 360 g/mol. The van der Waals surface area contributed by atoms with Crippen molar-refractivity contribution in [1.82, 2.24) is 0 Å². The van der Waals surface area contributed by atoms with Gasteiger partial charge in [-0.3, -0.25) is 9.69 Å². The van der Waals surface area contributed by atoms with Crippen LogP contribution in [-0.2, 0) is 17.6 Å². The highest BCUT2D eigenvalue weighted by molar-refractivity contribution is 8.00. The van der Waals surface area contributed by atoms with Crippen molar-refractivity contribution in [2.45, 2.75) is 17.7 Å². The van der Waals surface area contributed by atoms with Crippen LogP contribution in [0.25, 0.3) is 0 Å². The molecule has 0 aliphatic carbocycles. The molecule has 4 rings (SSSR count). The average Bonchev–Trinajstić information content (AvgIpc) is 2.84. The molecule has 0 spiro atoms. The predicted molar refractivity (Wildman–Crippen MR) is 109 cm³/mol. The largest absolute Gasteiger partial charge is 0.399 e. The van der Waals surface area contributed by atoms with Crippen molar-refractivity contribution < 1.29 is 4.79 Å². The van der Waals surface area contributed by atoms with Crippen LogP contribution < -0.4 is 10.6 Å². The summed E-state index contributed by atoms with van der Waals surface area (Å²) in [6, 6.07) is 24.1. The number of nitrogen functional groups attached to an aromatic ring is 1. The number of thioether (sulfide) groups is 1. The van der Waals surface area contributed by atoms with Crippen LogP contribution >= 0.6 is 11.8 Å². The van der Waals surface area contributed by atoms with Gasteiger partial charge in [0.2, 0.25) is 5.91 Å². The molecule has 0 atom stereocenters. The lowest BCUT2D eigenvalue weighted by Crippen LogP contribution is -2.28. The normalized spacial score (nSPS) is 12.8. The van der Waals surface area contributed by atoms with Crippen LogP contribution in [0.2, 0.25) is 0 Å². The van der Waals surface area contributed by atoms with Gasteiger partial charge in [-0.25, -0.2) is 0 Å². The minimum absolute atomic E-state index is 0.0913. The van der Waals surface area contributed by atoms with Gasteiger partial charge in [-0.1, -0.05) is 36.4 Å². The number of nitrogens with zero attached hydrogens (tertiary/aromatic N) is 1. The zero-order valence-electron chi connectivity index (χ0n) is 14.4. The van der Waals surface area contributed by atoms with Gasteiger partial charge in [0.15, 0.2) is 0 Å². The number of amides is 1. The van der Waals surface area contributed by atoms with Crippen LogP contribution in [0, 0.1) is 0 Å². The summed E-state index contributed by atoms with van der Waals surface area (Å²) < 4.78 is 0. The zero-order chi connectivity index (χ0) is 17.9. The molecule has 0 aromatic heterocycles. The highest BCUT2D eigenvalue weighted by Crippen LogP contribution is 2.36. The fourth-order valence-electron chi connectivity index (χ4n) is 3.32. The number of hydrogen-bond acceptors (Lipinski definition) is 3. The Labute approximate surface area is 157 Å². The van der Waals surface area contributed by atoms with E-state index in [9.17, 15) is 4.79 Å². The summed E-state index contributed by atoms with van der Waals surface area (Å²) in [5, 5.41) is 0. The molecule has 2 N–H and O–H groups in total. The summed E-state index contributed by atoms with van der Waals surface area (Å²) in [6.45, 7) is 0. The van der Waals surface area contributed by atoms with Gasteiger partial charge in [-0.2, -0.15) is 0 Å². The van der Waals surface area contributed by atoms with Crippen molar-refractivity contribution in [2.75, 3.05) is 16.4 Å². The number of fused-ring (bicyclic) bond motifs is 2. The van der Waals surface area contributed by atoms with Crippen molar-refractivity contribution in [3.05, 3.63) is 83.9 Å². The van der Waals surface area contributed by atoms with Gasteiger partial charge in [0.25, 0.3) is 0 Å². The van der Waals surface area contributed by atoms with Crippen LogP contribution in [0.1, 0.15) is 11.1 Å². The van der Waals surface area contributed by atoms with E-state index in [0.717, 1.165) is 34.8 Å². The number of carbonyl (C=O) groups excluding carboxylic acids is 1. The lowest BCUT2D eigenvalue weighted by molar-refractivity contribution is -0.115. The van der Waals surface area contributed by atoms with E-state index < -0.39 is 0 Å². The van der Waals surface area contributed by atoms with Gasteiger partial charge in [0.05, 0.1) is 17.1 Å². The van der Waals surface area contributed by atoms with Crippen molar-refractivity contribution in [2.24, 2.45) is 0 Å². The average molecular weight is 360 g/mol. The first kappa shape index (κ1) is 16.7. The van der Waals surface area contributed by atoms with E-state index in [1.807, 2.05) is 65.6 Å². The highest BCUT2D eigenvalue weighted by Gasteiger charge is 2.25. The van der Waals surface area contributed by atoms with Crippen molar-refractivity contribution in [1.29, 1.82) is 0 Å². The Kier molecular flexibility index (Phi) is 4.67. The molecule has 0 fully saturated rings. The van der Waals surface area contributed by atoms with Gasteiger partial charge in [0, 0.05) is 10.6 Å². The maximum Gasteiger partial charge on any atom is 0.241 e. The van der Waals surface area contributed by atoms with Gasteiger partial charge in [0.1, 0.15) is 0 Å². The predicted octanol–water partition coefficient (Wildman–Crippen LogP) is 4.82. The number of benzene rings is 3. The molecule has 0 saturated carbocycles. The highest BCUT2D eigenvalue weighted by atomic mass is 32.2. The zero-order valence-corrected chi connectivity index (χ0v) is 15.2. The minimum Gasteiger partial charge on any atom is -0.399 e. The molecule has 130 valence electrons. The molecular formula is C22H20N2OS. The SMILES string of the molecule is Nc1ccc(SCC(=O)N2c3ccccc3CCc3ccccc32)cc1. The molecule has 3 aromatic rings. The fraction of sp³-hybridized carbons (Fsp3) is 0.136. The Balaban J connectivity index is 1.65. The number of carbonyl (C=O) groups is 1. The molecule has 3 aromatic carbocycles. The summed E-state index contributed by atoms with van der Waals surface area (Å²) in [4.78, 5) is 16.1. The third kappa shape index (κ3) is 3.33. The molecule has 0 bridgehead atoms. The van der Waals surface area contributed by atoms with E-state index in [0.29, 0.717) is 5.75 Å².